The SMILES string of the molecule is Cl.NCC(F)(F)CNC(=O)c1cnn(-c2ccccc2F)c1C(F)(F)F. The van der Waals surface area contributed by atoms with Gasteiger partial charge in [0.15, 0.2) is 5.69 Å². The normalized spacial score (nSPS) is 11.8. The van der Waals surface area contributed by atoms with Gasteiger partial charge >= 0.3 is 6.18 Å². The number of nitrogens with one attached hydrogen (secondary N) is 1. The molecular formula is C14H13ClF6N4O. The van der Waals surface area contributed by atoms with E-state index >= 15 is 0 Å². The molecule has 144 valence electrons. The molecule has 5 nitrogen and oxygen atoms in total. The lowest BCUT2D eigenvalue weighted by Crippen LogP contribution is -2.41. The Morgan fingerprint density at radius 3 is 2.35 bits per heavy atom. The maximum absolute atomic E-state index is 13.8. The molecule has 0 radical (unpaired) electrons. The van der Waals surface area contributed by atoms with E-state index in [1.54, 1.807) is 5.32 Å². The summed E-state index contributed by atoms with van der Waals surface area (Å²) >= 11 is 0. The van der Waals surface area contributed by atoms with E-state index in [0.717, 1.165) is 12.1 Å². The van der Waals surface area contributed by atoms with Gasteiger partial charge in [-0.15, -0.1) is 12.4 Å². The van der Waals surface area contributed by atoms with Crippen molar-refractivity contribution in [3.63, 3.8) is 0 Å². The number of rotatable bonds is 5. The van der Waals surface area contributed by atoms with Crippen LogP contribution in [0, 0.1) is 5.82 Å². The summed E-state index contributed by atoms with van der Waals surface area (Å²) in [5.41, 5.74) is 1.66. The third kappa shape index (κ3) is 4.67. The Kier molecular flexibility index (Phi) is 6.66. The number of hydrogen-bond acceptors (Lipinski definition) is 3. The van der Waals surface area contributed by atoms with Crippen molar-refractivity contribution in [2.24, 2.45) is 5.73 Å². The fourth-order valence-corrected chi connectivity index (χ4v) is 1.97. The Morgan fingerprint density at radius 1 is 1.19 bits per heavy atom. The highest BCUT2D eigenvalue weighted by Gasteiger charge is 2.41. The molecular weight excluding hydrogens is 390 g/mol. The predicted molar refractivity (Wildman–Crippen MR) is 82.1 cm³/mol. The van der Waals surface area contributed by atoms with Crippen LogP contribution in [0.15, 0.2) is 30.5 Å². The summed E-state index contributed by atoms with van der Waals surface area (Å²) in [6.07, 6.45) is -4.55. The number of amides is 1. The summed E-state index contributed by atoms with van der Waals surface area (Å²) < 4.78 is 80.1. The number of benzene rings is 1. The summed E-state index contributed by atoms with van der Waals surface area (Å²) in [4.78, 5) is 11.9. The van der Waals surface area contributed by atoms with Crippen LogP contribution in [-0.2, 0) is 6.18 Å². The number of carbonyl (C=O) groups excluding carboxylic acids is 1. The van der Waals surface area contributed by atoms with E-state index in [1.807, 2.05) is 0 Å². The third-order valence-electron chi connectivity index (χ3n) is 3.17. The number of nitrogens with zero attached hydrogens (tertiary/aromatic N) is 2. The lowest BCUT2D eigenvalue weighted by molar-refractivity contribution is -0.143. The molecule has 0 atom stereocenters. The number of aromatic nitrogens is 2. The van der Waals surface area contributed by atoms with E-state index in [1.165, 1.54) is 12.1 Å². The number of carbonyl (C=O) groups is 1. The molecule has 0 saturated heterocycles. The van der Waals surface area contributed by atoms with E-state index in [9.17, 15) is 31.1 Å². The summed E-state index contributed by atoms with van der Waals surface area (Å²) in [7, 11) is 0. The maximum Gasteiger partial charge on any atom is 0.434 e. The molecule has 2 aromatic rings. The molecule has 3 N–H and O–H groups in total. The molecule has 0 unspecified atom stereocenters. The summed E-state index contributed by atoms with van der Waals surface area (Å²) in [5, 5.41) is 5.05. The van der Waals surface area contributed by atoms with Crippen molar-refractivity contribution in [3.8, 4) is 5.69 Å². The van der Waals surface area contributed by atoms with E-state index in [4.69, 9.17) is 5.73 Å². The zero-order valence-corrected chi connectivity index (χ0v) is 13.7. The molecule has 26 heavy (non-hydrogen) atoms. The summed E-state index contributed by atoms with van der Waals surface area (Å²) in [6.45, 7) is -2.33. The Hall–Kier alpha value is -2.27. The van der Waals surface area contributed by atoms with Gasteiger partial charge < -0.3 is 11.1 Å². The molecule has 0 aliphatic rings. The Balaban J connectivity index is 0.00000338. The van der Waals surface area contributed by atoms with Gasteiger partial charge in [-0.25, -0.2) is 17.9 Å². The first-order valence-corrected chi connectivity index (χ1v) is 6.83. The van der Waals surface area contributed by atoms with Gasteiger partial charge in [-0.05, 0) is 12.1 Å². The van der Waals surface area contributed by atoms with Crippen molar-refractivity contribution in [1.82, 2.24) is 15.1 Å². The first kappa shape index (κ1) is 21.8. The number of halogens is 7. The zero-order chi connectivity index (χ0) is 18.8. The molecule has 1 aromatic carbocycles. The molecule has 0 bridgehead atoms. The average Bonchev–Trinajstić information content (AvgIpc) is 2.98. The molecule has 2 rings (SSSR count). The fraction of sp³-hybridized carbons (Fsp3) is 0.286. The van der Waals surface area contributed by atoms with Gasteiger partial charge in [-0.2, -0.15) is 18.3 Å². The van der Waals surface area contributed by atoms with Gasteiger partial charge in [-0.3, -0.25) is 4.79 Å². The molecule has 0 saturated carbocycles. The van der Waals surface area contributed by atoms with E-state index in [-0.39, 0.29) is 17.1 Å². The first-order valence-electron chi connectivity index (χ1n) is 6.83. The zero-order valence-electron chi connectivity index (χ0n) is 12.9. The Morgan fingerprint density at radius 2 is 1.81 bits per heavy atom. The third-order valence-corrected chi connectivity index (χ3v) is 3.17. The average molecular weight is 403 g/mol. The highest BCUT2D eigenvalue weighted by Crippen LogP contribution is 2.34. The molecule has 12 heteroatoms. The fourth-order valence-electron chi connectivity index (χ4n) is 1.97. The van der Waals surface area contributed by atoms with Gasteiger partial charge in [0.05, 0.1) is 24.8 Å². The minimum absolute atomic E-state index is 0. The van der Waals surface area contributed by atoms with Gasteiger partial charge in [0, 0.05) is 0 Å². The summed E-state index contributed by atoms with van der Waals surface area (Å²) in [5.74, 6) is -5.91. The van der Waals surface area contributed by atoms with Gasteiger partial charge in [-0.1, -0.05) is 12.1 Å². The molecule has 0 spiro atoms. The van der Waals surface area contributed by atoms with Gasteiger partial charge in [0.1, 0.15) is 11.5 Å². The second-order valence-electron chi connectivity index (χ2n) is 5.01. The topological polar surface area (TPSA) is 72.9 Å². The van der Waals surface area contributed by atoms with Crippen molar-refractivity contribution in [3.05, 3.63) is 47.5 Å². The van der Waals surface area contributed by atoms with Crippen LogP contribution in [0.5, 0.6) is 0 Å². The van der Waals surface area contributed by atoms with E-state index in [0.29, 0.717) is 6.20 Å². The second-order valence-corrected chi connectivity index (χ2v) is 5.01. The molecule has 1 amide bonds. The van der Waals surface area contributed by atoms with Crippen molar-refractivity contribution in [2.75, 3.05) is 13.1 Å². The predicted octanol–water partition coefficient (Wildman–Crippen LogP) is 2.78. The van der Waals surface area contributed by atoms with Crippen molar-refractivity contribution >= 4 is 18.3 Å². The first-order chi connectivity index (χ1) is 11.6. The minimum Gasteiger partial charge on any atom is -0.346 e. The number of nitrogens with two attached hydrogens (primary N) is 1. The van der Waals surface area contributed by atoms with E-state index < -0.39 is 53.9 Å². The lowest BCUT2D eigenvalue weighted by Gasteiger charge is -2.16. The molecule has 0 aliphatic heterocycles. The number of alkyl halides is 5. The van der Waals surface area contributed by atoms with Crippen LogP contribution < -0.4 is 11.1 Å². The highest BCUT2D eigenvalue weighted by molar-refractivity contribution is 5.95. The van der Waals surface area contributed by atoms with Crippen LogP contribution in [0.4, 0.5) is 26.3 Å². The van der Waals surface area contributed by atoms with Crippen molar-refractivity contribution < 1.29 is 31.1 Å². The maximum atomic E-state index is 13.8. The Labute approximate surface area is 149 Å². The van der Waals surface area contributed by atoms with E-state index in [2.05, 4.69) is 5.10 Å². The van der Waals surface area contributed by atoms with Crippen LogP contribution in [0.1, 0.15) is 16.1 Å². The molecule has 0 aliphatic carbocycles. The van der Waals surface area contributed by atoms with Crippen LogP contribution >= 0.6 is 12.4 Å². The highest BCUT2D eigenvalue weighted by atomic mass is 35.5. The molecule has 0 fully saturated rings. The largest absolute Gasteiger partial charge is 0.434 e. The summed E-state index contributed by atoms with van der Waals surface area (Å²) in [6, 6.07) is 4.49. The van der Waals surface area contributed by atoms with Gasteiger partial charge in [0.25, 0.3) is 11.8 Å². The van der Waals surface area contributed by atoms with Crippen LogP contribution in [0.3, 0.4) is 0 Å². The van der Waals surface area contributed by atoms with Gasteiger partial charge in [0.2, 0.25) is 0 Å². The van der Waals surface area contributed by atoms with Crippen molar-refractivity contribution in [1.29, 1.82) is 0 Å². The monoisotopic (exact) mass is 402 g/mol. The second kappa shape index (κ2) is 7.96. The molecule has 1 aromatic heterocycles. The number of para-hydroxylation sites is 1. The van der Waals surface area contributed by atoms with Crippen LogP contribution in [-0.4, -0.2) is 34.7 Å². The van der Waals surface area contributed by atoms with Crippen molar-refractivity contribution in [2.45, 2.75) is 12.1 Å². The standard InChI is InChI=1S/C14H12F6N4O.ClH/c15-9-3-1-2-4-10(9)24-11(14(18,19)20)8(5-23-24)12(25)22-7-13(16,17)6-21;/h1-5H,6-7,21H2,(H,22,25);1H. The Bertz CT molecular complexity index is 777. The lowest BCUT2D eigenvalue weighted by atomic mass is 10.2. The van der Waals surface area contributed by atoms with Crippen LogP contribution in [0.2, 0.25) is 0 Å². The minimum atomic E-state index is -5.08. The van der Waals surface area contributed by atoms with Crippen LogP contribution in [0.25, 0.3) is 5.69 Å². The quantitative estimate of drug-likeness (QED) is 0.755. The number of hydrogen-bond donors (Lipinski definition) is 2. The molecule has 1 heterocycles. The smallest absolute Gasteiger partial charge is 0.346 e.